The third kappa shape index (κ3) is 9.62. The molecule has 6 nitrogen and oxygen atoms in total. The summed E-state index contributed by atoms with van der Waals surface area (Å²) in [6, 6.07) is 1.93. The van der Waals surface area contributed by atoms with Crippen LogP contribution in [0.5, 0.6) is 17.2 Å². The van der Waals surface area contributed by atoms with Crippen molar-refractivity contribution in [3.8, 4) is 17.2 Å². The van der Waals surface area contributed by atoms with Gasteiger partial charge in [-0.05, 0) is 24.5 Å². The quantitative estimate of drug-likeness (QED) is 0.163. The predicted molar refractivity (Wildman–Crippen MR) is 108 cm³/mol. The second-order valence-corrected chi connectivity index (χ2v) is 7.74. The van der Waals surface area contributed by atoms with E-state index in [0.717, 1.165) is 37.3 Å². The molecule has 0 bridgehead atoms. The third-order valence-corrected chi connectivity index (χ3v) is 4.69. The molecule has 0 aromatic heterocycles. The monoisotopic (exact) mass is 394 g/mol. The van der Waals surface area contributed by atoms with E-state index in [9.17, 15) is 19.8 Å². The van der Waals surface area contributed by atoms with Crippen molar-refractivity contribution in [1.29, 1.82) is 0 Å². The topological polar surface area (TPSA) is 104 Å². The zero-order valence-corrected chi connectivity index (χ0v) is 17.1. The number of phenols is 2. The van der Waals surface area contributed by atoms with Gasteiger partial charge in [0.2, 0.25) is 5.75 Å². The second kappa shape index (κ2) is 13.0. The Morgan fingerprint density at radius 3 is 1.96 bits per heavy atom. The third-order valence-electron chi connectivity index (χ3n) is 4.69. The zero-order chi connectivity index (χ0) is 20.9. The van der Waals surface area contributed by atoms with Crippen molar-refractivity contribution in [3.63, 3.8) is 0 Å². The lowest BCUT2D eigenvalue weighted by Gasteiger charge is -2.09. The molecule has 158 valence electrons. The Bertz CT molecular complexity index is 624. The Labute approximate surface area is 167 Å². The number of benzene rings is 1. The molecular weight excluding hydrogens is 360 g/mol. The van der Waals surface area contributed by atoms with Crippen molar-refractivity contribution in [2.75, 3.05) is 0 Å². The number of hydrogen-bond acceptors (Lipinski definition) is 5. The molecule has 3 N–H and O–H groups in total. The van der Waals surface area contributed by atoms with E-state index in [-0.39, 0.29) is 17.7 Å². The number of carbonyl (C=O) groups excluding carboxylic acids is 1. The molecule has 0 heterocycles. The van der Waals surface area contributed by atoms with Crippen LogP contribution >= 0.6 is 0 Å². The van der Waals surface area contributed by atoms with Crippen molar-refractivity contribution in [1.82, 2.24) is 0 Å². The molecule has 0 amide bonds. The fourth-order valence-electron chi connectivity index (χ4n) is 3.03. The molecule has 0 atom stereocenters. The number of aromatic hydroxyl groups is 2. The average molecular weight is 395 g/mol. The number of aromatic carboxylic acids is 1. The summed E-state index contributed by atoms with van der Waals surface area (Å²) in [6.45, 7) is 4.52. The van der Waals surface area contributed by atoms with Crippen LogP contribution in [0.2, 0.25) is 0 Å². The lowest BCUT2D eigenvalue weighted by atomic mass is 10.0. The van der Waals surface area contributed by atoms with Gasteiger partial charge in [0.05, 0.1) is 5.56 Å². The molecule has 6 heteroatoms. The summed E-state index contributed by atoms with van der Waals surface area (Å²) in [5.74, 6) is -2.64. The lowest BCUT2D eigenvalue weighted by molar-refractivity contribution is -0.134. The fourth-order valence-corrected chi connectivity index (χ4v) is 3.03. The van der Waals surface area contributed by atoms with Crippen LogP contribution < -0.4 is 4.74 Å². The Morgan fingerprint density at radius 2 is 1.43 bits per heavy atom. The van der Waals surface area contributed by atoms with Gasteiger partial charge in [0, 0.05) is 6.42 Å². The molecular formula is C22H34O6. The number of unbranched alkanes of at least 4 members (excludes halogenated alkanes) is 8. The summed E-state index contributed by atoms with van der Waals surface area (Å²) in [5, 5.41) is 28.2. The molecule has 0 aliphatic carbocycles. The SMILES string of the molecule is CC(C)CCCCCCCCCCCC(=O)Oc1cc(C(=O)O)cc(O)c1O. The van der Waals surface area contributed by atoms with Crippen molar-refractivity contribution in [2.24, 2.45) is 5.92 Å². The first-order valence-corrected chi connectivity index (χ1v) is 10.3. The normalized spacial score (nSPS) is 11.0. The number of carbonyl (C=O) groups is 2. The van der Waals surface area contributed by atoms with Crippen LogP contribution in [-0.2, 0) is 4.79 Å². The highest BCUT2D eigenvalue weighted by molar-refractivity contribution is 5.89. The standard InChI is InChI=1S/C22H34O6/c1-16(2)12-10-8-6-4-3-5-7-9-11-13-20(24)28-19-15-17(22(26)27)14-18(23)21(19)25/h14-16,23,25H,3-13H2,1-2H3,(H,26,27). The van der Waals surface area contributed by atoms with E-state index in [1.165, 1.54) is 38.5 Å². The number of phenolic OH excluding ortho intramolecular Hbond substituents is 2. The number of esters is 1. The molecule has 28 heavy (non-hydrogen) atoms. The molecule has 0 aliphatic rings. The molecule has 0 unspecified atom stereocenters. The van der Waals surface area contributed by atoms with Crippen molar-refractivity contribution >= 4 is 11.9 Å². The van der Waals surface area contributed by atoms with E-state index in [0.29, 0.717) is 6.42 Å². The van der Waals surface area contributed by atoms with Crippen molar-refractivity contribution < 1.29 is 29.6 Å². The van der Waals surface area contributed by atoms with E-state index in [2.05, 4.69) is 13.8 Å². The molecule has 1 aromatic rings. The van der Waals surface area contributed by atoms with E-state index in [1.54, 1.807) is 0 Å². The zero-order valence-electron chi connectivity index (χ0n) is 17.1. The number of hydrogen-bond donors (Lipinski definition) is 3. The molecule has 0 fully saturated rings. The number of carboxylic acids is 1. The molecule has 1 rings (SSSR count). The Balaban J connectivity index is 2.16. The van der Waals surface area contributed by atoms with Gasteiger partial charge in [-0.25, -0.2) is 4.79 Å². The van der Waals surface area contributed by atoms with Gasteiger partial charge in [-0.3, -0.25) is 4.79 Å². The number of rotatable bonds is 14. The lowest BCUT2D eigenvalue weighted by Crippen LogP contribution is -2.08. The van der Waals surface area contributed by atoms with E-state index >= 15 is 0 Å². The summed E-state index contributed by atoms with van der Waals surface area (Å²) in [6.07, 6.45) is 11.8. The minimum atomic E-state index is -1.28. The fraction of sp³-hybridized carbons (Fsp3) is 0.636. The van der Waals surface area contributed by atoms with E-state index < -0.39 is 23.4 Å². The van der Waals surface area contributed by atoms with Crippen LogP contribution in [0, 0.1) is 5.92 Å². The Morgan fingerprint density at radius 1 is 0.893 bits per heavy atom. The first-order valence-electron chi connectivity index (χ1n) is 10.3. The van der Waals surface area contributed by atoms with E-state index in [4.69, 9.17) is 9.84 Å². The van der Waals surface area contributed by atoms with Gasteiger partial charge in [0.15, 0.2) is 11.5 Å². The van der Waals surface area contributed by atoms with E-state index in [1.807, 2.05) is 0 Å². The summed E-state index contributed by atoms with van der Waals surface area (Å²) in [7, 11) is 0. The molecule has 0 saturated carbocycles. The van der Waals surface area contributed by atoms with Crippen LogP contribution in [-0.4, -0.2) is 27.3 Å². The maximum Gasteiger partial charge on any atom is 0.335 e. The minimum absolute atomic E-state index is 0.187. The first-order chi connectivity index (χ1) is 13.3. The van der Waals surface area contributed by atoms with Crippen LogP contribution in [0.4, 0.5) is 0 Å². The summed E-state index contributed by atoms with van der Waals surface area (Å²) >= 11 is 0. The van der Waals surface area contributed by atoms with Crippen LogP contribution in [0.1, 0.15) is 94.8 Å². The van der Waals surface area contributed by atoms with Gasteiger partial charge in [-0.15, -0.1) is 0 Å². The largest absolute Gasteiger partial charge is 0.504 e. The maximum atomic E-state index is 11.9. The molecule has 0 saturated heterocycles. The average Bonchev–Trinajstić information content (AvgIpc) is 2.62. The Kier molecular flexibility index (Phi) is 11.1. The van der Waals surface area contributed by atoms with Crippen molar-refractivity contribution in [2.45, 2.75) is 84.5 Å². The van der Waals surface area contributed by atoms with Gasteiger partial charge < -0.3 is 20.1 Å². The van der Waals surface area contributed by atoms with Crippen molar-refractivity contribution in [3.05, 3.63) is 17.7 Å². The van der Waals surface area contributed by atoms with Gasteiger partial charge in [0.1, 0.15) is 0 Å². The van der Waals surface area contributed by atoms with Crippen LogP contribution in [0.15, 0.2) is 12.1 Å². The summed E-state index contributed by atoms with van der Waals surface area (Å²) < 4.78 is 5.00. The van der Waals surface area contributed by atoms with Crippen LogP contribution in [0.3, 0.4) is 0 Å². The second-order valence-electron chi connectivity index (χ2n) is 7.74. The molecule has 0 aliphatic heterocycles. The van der Waals surface area contributed by atoms with Gasteiger partial charge in [-0.2, -0.15) is 0 Å². The van der Waals surface area contributed by atoms with Gasteiger partial charge >= 0.3 is 11.9 Å². The van der Waals surface area contributed by atoms with Gasteiger partial charge in [0.25, 0.3) is 0 Å². The highest BCUT2D eigenvalue weighted by Crippen LogP contribution is 2.36. The summed E-state index contributed by atoms with van der Waals surface area (Å²) in [5.41, 5.74) is -0.262. The molecule has 0 radical (unpaired) electrons. The van der Waals surface area contributed by atoms with Gasteiger partial charge in [-0.1, -0.05) is 71.6 Å². The molecule has 1 aromatic carbocycles. The maximum absolute atomic E-state index is 11.9. The first kappa shape index (κ1) is 23.8. The smallest absolute Gasteiger partial charge is 0.335 e. The molecule has 0 spiro atoms. The highest BCUT2D eigenvalue weighted by Gasteiger charge is 2.17. The highest BCUT2D eigenvalue weighted by atomic mass is 16.5. The summed E-state index contributed by atoms with van der Waals surface area (Å²) in [4.78, 5) is 22.8. The van der Waals surface area contributed by atoms with Crippen LogP contribution in [0.25, 0.3) is 0 Å². The predicted octanol–water partition coefficient (Wildman–Crippen LogP) is 5.65. The Hall–Kier alpha value is -2.24. The number of ether oxygens (including phenoxy) is 1. The number of carboxylic acid groups (broad SMARTS) is 1. The minimum Gasteiger partial charge on any atom is -0.504 e.